The van der Waals surface area contributed by atoms with Gasteiger partial charge in [0.1, 0.15) is 4.90 Å². The SMILES string of the molecule is Cc1c(S(=O)(=O)N2C[C@@H](N)[C@H](c3ccccc3)C2)c2ccccc2n1C.Cl. The highest BCUT2D eigenvalue weighted by molar-refractivity contribution is 7.89. The molecule has 0 bridgehead atoms. The summed E-state index contributed by atoms with van der Waals surface area (Å²) in [4.78, 5) is 0.400. The van der Waals surface area contributed by atoms with Crippen LogP contribution in [0.25, 0.3) is 10.9 Å². The highest BCUT2D eigenvalue weighted by Crippen LogP contribution is 2.35. The third-order valence-electron chi connectivity index (χ3n) is 5.50. The van der Waals surface area contributed by atoms with E-state index < -0.39 is 10.0 Å². The van der Waals surface area contributed by atoms with Gasteiger partial charge in [-0.3, -0.25) is 0 Å². The van der Waals surface area contributed by atoms with Crippen molar-refractivity contribution in [2.75, 3.05) is 13.1 Å². The summed E-state index contributed by atoms with van der Waals surface area (Å²) < 4.78 is 30.4. The molecule has 2 heterocycles. The summed E-state index contributed by atoms with van der Waals surface area (Å²) in [5.74, 6) is 0.0151. The fourth-order valence-corrected chi connectivity index (χ4v) is 5.93. The van der Waals surface area contributed by atoms with Gasteiger partial charge < -0.3 is 10.3 Å². The first-order valence-corrected chi connectivity index (χ1v) is 10.2. The average molecular weight is 406 g/mol. The lowest BCUT2D eigenvalue weighted by Crippen LogP contribution is -2.32. The summed E-state index contributed by atoms with van der Waals surface area (Å²) in [7, 11) is -1.71. The summed E-state index contributed by atoms with van der Waals surface area (Å²) in [6.45, 7) is 2.61. The van der Waals surface area contributed by atoms with Crippen molar-refractivity contribution in [3.05, 3.63) is 65.9 Å². The Morgan fingerprint density at radius 1 is 1.00 bits per heavy atom. The van der Waals surface area contributed by atoms with Crippen molar-refractivity contribution >= 4 is 33.3 Å². The summed E-state index contributed by atoms with van der Waals surface area (Å²) >= 11 is 0. The highest BCUT2D eigenvalue weighted by Gasteiger charge is 2.40. The molecule has 27 heavy (non-hydrogen) atoms. The highest BCUT2D eigenvalue weighted by atomic mass is 35.5. The van der Waals surface area contributed by atoms with Crippen LogP contribution in [-0.4, -0.2) is 36.4 Å². The molecule has 1 aliphatic rings. The van der Waals surface area contributed by atoms with E-state index in [4.69, 9.17) is 5.73 Å². The van der Waals surface area contributed by atoms with Crippen LogP contribution in [-0.2, 0) is 17.1 Å². The standard InChI is InChI=1S/C20H23N3O2S.ClH/c1-14-20(16-10-6-7-11-19(16)22(14)2)26(24,25)23-12-17(18(21)13-23)15-8-4-3-5-9-15;/h3-11,17-18H,12-13,21H2,1-2H3;1H/t17-,18+;/m0./s1. The molecule has 1 saturated heterocycles. The molecule has 3 aromatic rings. The van der Waals surface area contributed by atoms with Crippen molar-refractivity contribution in [2.45, 2.75) is 23.8 Å². The summed E-state index contributed by atoms with van der Waals surface area (Å²) in [5, 5.41) is 0.768. The van der Waals surface area contributed by atoms with Gasteiger partial charge in [-0.1, -0.05) is 48.5 Å². The Hall–Kier alpha value is -1.86. The quantitative estimate of drug-likeness (QED) is 0.728. The van der Waals surface area contributed by atoms with Crippen LogP contribution in [0.4, 0.5) is 0 Å². The molecule has 2 aromatic carbocycles. The predicted octanol–water partition coefficient (Wildman–Crippen LogP) is 3.02. The first-order chi connectivity index (χ1) is 12.4. The summed E-state index contributed by atoms with van der Waals surface area (Å²) in [6, 6.07) is 17.3. The van der Waals surface area contributed by atoms with Crippen LogP contribution in [0.5, 0.6) is 0 Å². The second-order valence-corrected chi connectivity index (χ2v) is 8.87. The Labute approximate surface area is 166 Å². The van der Waals surface area contributed by atoms with Crippen molar-refractivity contribution in [2.24, 2.45) is 12.8 Å². The van der Waals surface area contributed by atoms with Crippen molar-refractivity contribution in [3.8, 4) is 0 Å². The van der Waals surface area contributed by atoms with Gasteiger partial charge >= 0.3 is 0 Å². The molecule has 0 spiro atoms. The van der Waals surface area contributed by atoms with Gasteiger partial charge in [0, 0.05) is 48.7 Å². The van der Waals surface area contributed by atoms with Gasteiger partial charge in [-0.05, 0) is 18.6 Å². The molecule has 4 rings (SSSR count). The fourth-order valence-electron chi connectivity index (χ4n) is 3.98. The van der Waals surface area contributed by atoms with Crippen molar-refractivity contribution in [3.63, 3.8) is 0 Å². The first kappa shape index (κ1) is 19.9. The third-order valence-corrected chi connectivity index (χ3v) is 7.51. The van der Waals surface area contributed by atoms with Gasteiger partial charge in [-0.15, -0.1) is 12.4 Å². The number of aryl methyl sites for hydroxylation is 1. The van der Waals surface area contributed by atoms with E-state index in [1.165, 1.54) is 0 Å². The number of benzene rings is 2. The molecule has 1 aromatic heterocycles. The molecular weight excluding hydrogens is 382 g/mol. The van der Waals surface area contributed by atoms with Crippen LogP contribution in [0.15, 0.2) is 59.5 Å². The number of para-hydroxylation sites is 1. The van der Waals surface area contributed by atoms with E-state index >= 15 is 0 Å². The van der Waals surface area contributed by atoms with Gasteiger partial charge in [-0.2, -0.15) is 4.31 Å². The number of nitrogens with two attached hydrogens (primary N) is 1. The Morgan fingerprint density at radius 3 is 2.33 bits per heavy atom. The molecule has 0 aliphatic carbocycles. The number of nitrogens with zero attached hydrogens (tertiary/aromatic N) is 2. The minimum Gasteiger partial charge on any atom is -0.347 e. The van der Waals surface area contributed by atoms with Gasteiger partial charge in [0.25, 0.3) is 0 Å². The molecule has 7 heteroatoms. The van der Waals surface area contributed by atoms with E-state index in [1.54, 1.807) is 4.31 Å². The molecule has 2 atom stereocenters. The molecule has 144 valence electrons. The maximum Gasteiger partial charge on any atom is 0.245 e. The van der Waals surface area contributed by atoms with E-state index in [9.17, 15) is 8.42 Å². The maximum absolute atomic E-state index is 13.5. The number of fused-ring (bicyclic) bond motifs is 1. The molecule has 0 radical (unpaired) electrons. The Bertz CT molecular complexity index is 1060. The normalized spacial score (nSPS) is 20.7. The smallest absolute Gasteiger partial charge is 0.245 e. The second-order valence-electron chi connectivity index (χ2n) is 6.99. The number of rotatable bonds is 3. The minimum absolute atomic E-state index is 0. The molecule has 2 N–H and O–H groups in total. The molecule has 5 nitrogen and oxygen atoms in total. The monoisotopic (exact) mass is 405 g/mol. The van der Waals surface area contributed by atoms with E-state index in [1.807, 2.05) is 73.1 Å². The molecule has 1 fully saturated rings. The topological polar surface area (TPSA) is 68.3 Å². The van der Waals surface area contributed by atoms with Crippen LogP contribution in [0.2, 0.25) is 0 Å². The number of hydrogen-bond acceptors (Lipinski definition) is 3. The molecule has 1 aliphatic heterocycles. The van der Waals surface area contributed by atoms with Crippen molar-refractivity contribution in [1.82, 2.24) is 8.87 Å². The molecule has 0 saturated carbocycles. The fraction of sp³-hybridized carbons (Fsp3) is 0.300. The first-order valence-electron chi connectivity index (χ1n) is 8.76. The van der Waals surface area contributed by atoms with Crippen LogP contribution in [0.1, 0.15) is 17.2 Å². The van der Waals surface area contributed by atoms with Gasteiger partial charge in [0.2, 0.25) is 10.0 Å². The van der Waals surface area contributed by atoms with E-state index in [0.29, 0.717) is 18.0 Å². The predicted molar refractivity (Wildman–Crippen MR) is 111 cm³/mol. The van der Waals surface area contributed by atoms with Crippen LogP contribution >= 0.6 is 12.4 Å². The second kappa shape index (κ2) is 7.28. The summed E-state index contributed by atoms with van der Waals surface area (Å²) in [5.41, 5.74) is 9.09. The zero-order valence-corrected chi connectivity index (χ0v) is 17.0. The molecule has 0 unspecified atom stereocenters. The van der Waals surface area contributed by atoms with Gasteiger partial charge in [0.05, 0.1) is 0 Å². The Balaban J connectivity index is 0.00000210. The van der Waals surface area contributed by atoms with Gasteiger partial charge in [-0.25, -0.2) is 8.42 Å². The average Bonchev–Trinajstić information content (AvgIpc) is 3.15. The lowest BCUT2D eigenvalue weighted by molar-refractivity contribution is 0.470. The number of sulfonamides is 1. The van der Waals surface area contributed by atoms with Gasteiger partial charge in [0.15, 0.2) is 0 Å². The van der Waals surface area contributed by atoms with Crippen LogP contribution in [0, 0.1) is 6.92 Å². The van der Waals surface area contributed by atoms with E-state index in [0.717, 1.165) is 22.2 Å². The molecule has 0 amide bonds. The maximum atomic E-state index is 13.5. The molecular formula is C20H24ClN3O2S. The van der Waals surface area contributed by atoms with Crippen molar-refractivity contribution in [1.29, 1.82) is 0 Å². The van der Waals surface area contributed by atoms with E-state index in [-0.39, 0.29) is 24.4 Å². The zero-order valence-electron chi connectivity index (χ0n) is 15.4. The van der Waals surface area contributed by atoms with E-state index in [2.05, 4.69) is 0 Å². The lowest BCUT2D eigenvalue weighted by Gasteiger charge is -2.17. The largest absolute Gasteiger partial charge is 0.347 e. The lowest BCUT2D eigenvalue weighted by atomic mass is 9.95. The van der Waals surface area contributed by atoms with Crippen LogP contribution in [0.3, 0.4) is 0 Å². The van der Waals surface area contributed by atoms with Crippen molar-refractivity contribution < 1.29 is 8.42 Å². The minimum atomic E-state index is -3.62. The third kappa shape index (κ3) is 3.17. The van der Waals surface area contributed by atoms with Crippen LogP contribution < -0.4 is 5.73 Å². The Kier molecular flexibility index (Phi) is 5.36. The number of hydrogen-bond donors (Lipinski definition) is 1. The number of aromatic nitrogens is 1. The Morgan fingerprint density at radius 2 is 1.63 bits per heavy atom. The summed E-state index contributed by atoms with van der Waals surface area (Å²) in [6.07, 6.45) is 0. The number of halogens is 1. The zero-order chi connectivity index (χ0) is 18.5.